The second kappa shape index (κ2) is 8.58. The van der Waals surface area contributed by atoms with E-state index in [0.29, 0.717) is 15.0 Å². The number of carbonyl (C=O) groups excluding carboxylic acids is 2. The van der Waals surface area contributed by atoms with E-state index < -0.39 is 0 Å². The third-order valence-corrected chi connectivity index (χ3v) is 7.08. The number of nitrogens with zero attached hydrogens (tertiary/aromatic N) is 2. The fourth-order valence-corrected chi connectivity index (χ4v) is 4.91. The Bertz CT molecular complexity index is 1250. The van der Waals surface area contributed by atoms with Crippen molar-refractivity contribution in [1.82, 2.24) is 9.47 Å². The van der Waals surface area contributed by atoms with Crippen LogP contribution in [0, 0.1) is 20.8 Å². The zero-order valence-corrected chi connectivity index (χ0v) is 19.6. The molecule has 0 radical (unpaired) electrons. The number of carbonyl (C=O) groups is 2. The van der Waals surface area contributed by atoms with Gasteiger partial charge in [-0.1, -0.05) is 47.5 Å². The second-order valence-electron chi connectivity index (χ2n) is 7.41. The van der Waals surface area contributed by atoms with Gasteiger partial charge in [-0.3, -0.25) is 14.5 Å². The molecule has 4 rings (SSSR count). The van der Waals surface area contributed by atoms with E-state index in [0.717, 1.165) is 45.5 Å². The molecule has 7 heteroatoms. The number of hydrogen-bond donors (Lipinski definition) is 0. The van der Waals surface area contributed by atoms with Crippen LogP contribution in [0.2, 0.25) is 10.0 Å². The first-order valence-corrected chi connectivity index (χ1v) is 11.3. The molecule has 0 spiro atoms. The lowest BCUT2D eigenvalue weighted by molar-refractivity contribution is -0.123. The van der Waals surface area contributed by atoms with Gasteiger partial charge in [0.2, 0.25) is 0 Å². The minimum Gasteiger partial charge on any atom is -0.318 e. The molecule has 2 amide bonds. The van der Waals surface area contributed by atoms with E-state index in [2.05, 4.69) is 4.57 Å². The number of hydrogen-bond acceptors (Lipinski definition) is 3. The van der Waals surface area contributed by atoms with Crippen molar-refractivity contribution in [3.8, 4) is 5.69 Å². The van der Waals surface area contributed by atoms with Gasteiger partial charge in [-0.15, -0.1) is 0 Å². The van der Waals surface area contributed by atoms with Crippen LogP contribution >= 0.6 is 35.0 Å². The summed E-state index contributed by atoms with van der Waals surface area (Å²) in [4.78, 5) is 27.1. The van der Waals surface area contributed by atoms with Gasteiger partial charge in [-0.05, 0) is 79.6 Å². The van der Waals surface area contributed by atoms with E-state index in [4.69, 9.17) is 23.2 Å². The maximum Gasteiger partial charge on any atom is 0.293 e. The predicted octanol–water partition coefficient (Wildman–Crippen LogP) is 6.95. The van der Waals surface area contributed by atoms with Crippen molar-refractivity contribution in [3.05, 3.63) is 91.6 Å². The van der Waals surface area contributed by atoms with E-state index in [9.17, 15) is 9.59 Å². The van der Waals surface area contributed by atoms with Crippen molar-refractivity contribution >= 4 is 52.2 Å². The van der Waals surface area contributed by atoms with Crippen LogP contribution in [0.3, 0.4) is 0 Å². The molecule has 0 N–H and O–H groups in total. The minimum atomic E-state index is -0.307. The number of halogens is 2. The molecule has 2 heterocycles. The standard InChI is InChI=1S/C24H20Cl2N2O2S/c1-14-11-18(16(3)28(14)21-10-6-9-19(25)15(21)2)12-22-23(29)27(24(30)31-22)13-17-7-4-5-8-20(17)26/h4-12H,13H2,1-3H3/b22-12-. The van der Waals surface area contributed by atoms with Crippen molar-refractivity contribution in [1.29, 1.82) is 0 Å². The number of amides is 2. The molecular formula is C24H20Cl2N2O2S. The van der Waals surface area contributed by atoms with Crippen LogP contribution in [0.1, 0.15) is 28.1 Å². The third-order valence-electron chi connectivity index (χ3n) is 5.40. The molecule has 0 bridgehead atoms. The molecule has 2 aromatic carbocycles. The zero-order chi connectivity index (χ0) is 22.3. The number of aryl methyl sites for hydroxylation is 1. The highest BCUT2D eigenvalue weighted by Crippen LogP contribution is 2.35. The number of thioether (sulfide) groups is 1. The lowest BCUT2D eigenvalue weighted by Gasteiger charge is -2.14. The first kappa shape index (κ1) is 21.8. The van der Waals surface area contributed by atoms with Gasteiger partial charge < -0.3 is 4.57 Å². The zero-order valence-electron chi connectivity index (χ0n) is 17.3. The maximum atomic E-state index is 13.0. The summed E-state index contributed by atoms with van der Waals surface area (Å²) in [6, 6.07) is 15.0. The van der Waals surface area contributed by atoms with Crippen LogP contribution < -0.4 is 0 Å². The highest BCUT2D eigenvalue weighted by atomic mass is 35.5. The molecular weight excluding hydrogens is 451 g/mol. The molecule has 0 atom stereocenters. The molecule has 31 heavy (non-hydrogen) atoms. The molecule has 4 nitrogen and oxygen atoms in total. The molecule has 1 aliphatic rings. The van der Waals surface area contributed by atoms with Crippen molar-refractivity contribution in [2.45, 2.75) is 27.3 Å². The minimum absolute atomic E-state index is 0.155. The molecule has 0 saturated carbocycles. The van der Waals surface area contributed by atoms with E-state index in [1.165, 1.54) is 4.90 Å². The van der Waals surface area contributed by atoms with Crippen molar-refractivity contribution in [3.63, 3.8) is 0 Å². The number of benzene rings is 2. The van der Waals surface area contributed by atoms with Gasteiger partial charge in [0, 0.05) is 27.1 Å². The Balaban J connectivity index is 1.67. The lowest BCUT2D eigenvalue weighted by Crippen LogP contribution is -2.27. The second-order valence-corrected chi connectivity index (χ2v) is 9.21. The fraction of sp³-hybridized carbons (Fsp3) is 0.167. The average molecular weight is 471 g/mol. The van der Waals surface area contributed by atoms with Gasteiger partial charge in [0.05, 0.1) is 11.4 Å². The summed E-state index contributed by atoms with van der Waals surface area (Å²) >= 11 is 13.5. The summed E-state index contributed by atoms with van der Waals surface area (Å²) in [5, 5.41) is 0.939. The van der Waals surface area contributed by atoms with E-state index in [1.54, 1.807) is 12.1 Å². The van der Waals surface area contributed by atoms with Crippen molar-refractivity contribution in [2.75, 3.05) is 0 Å². The summed E-state index contributed by atoms with van der Waals surface area (Å²) in [7, 11) is 0. The lowest BCUT2D eigenvalue weighted by atomic mass is 10.2. The first-order chi connectivity index (χ1) is 14.8. The average Bonchev–Trinajstić information content (AvgIpc) is 3.15. The highest BCUT2D eigenvalue weighted by molar-refractivity contribution is 8.18. The van der Waals surface area contributed by atoms with Crippen LogP contribution in [0.15, 0.2) is 53.4 Å². The smallest absolute Gasteiger partial charge is 0.293 e. The van der Waals surface area contributed by atoms with Gasteiger partial charge in [-0.25, -0.2) is 0 Å². The van der Waals surface area contributed by atoms with Crippen LogP contribution in [-0.2, 0) is 11.3 Å². The number of imide groups is 1. The quantitative estimate of drug-likeness (QED) is 0.387. The van der Waals surface area contributed by atoms with Crippen LogP contribution in [0.5, 0.6) is 0 Å². The molecule has 158 valence electrons. The molecule has 1 aliphatic heterocycles. The summed E-state index contributed by atoms with van der Waals surface area (Å²) < 4.78 is 2.11. The van der Waals surface area contributed by atoms with E-state index >= 15 is 0 Å². The van der Waals surface area contributed by atoms with Gasteiger partial charge in [0.1, 0.15) is 0 Å². The normalized spacial score (nSPS) is 15.4. The molecule has 1 fully saturated rings. The summed E-state index contributed by atoms with van der Waals surface area (Å²) in [5.41, 5.74) is 5.60. The van der Waals surface area contributed by atoms with Crippen LogP contribution in [-0.4, -0.2) is 20.6 Å². The largest absolute Gasteiger partial charge is 0.318 e. The topological polar surface area (TPSA) is 42.3 Å². The Labute approximate surface area is 195 Å². The Morgan fingerprint density at radius 1 is 0.968 bits per heavy atom. The van der Waals surface area contributed by atoms with Crippen LogP contribution in [0.25, 0.3) is 11.8 Å². The number of aromatic nitrogens is 1. The molecule has 0 unspecified atom stereocenters. The summed E-state index contributed by atoms with van der Waals surface area (Å²) in [5.74, 6) is -0.307. The third kappa shape index (κ3) is 4.05. The highest BCUT2D eigenvalue weighted by Gasteiger charge is 2.35. The fourth-order valence-electron chi connectivity index (χ4n) is 3.72. The van der Waals surface area contributed by atoms with Gasteiger partial charge in [0.25, 0.3) is 11.1 Å². The van der Waals surface area contributed by atoms with Gasteiger partial charge in [0.15, 0.2) is 0 Å². The Hall–Kier alpha value is -2.47. The van der Waals surface area contributed by atoms with Crippen LogP contribution in [0.4, 0.5) is 4.79 Å². The molecule has 1 saturated heterocycles. The van der Waals surface area contributed by atoms with Gasteiger partial charge >= 0.3 is 0 Å². The predicted molar refractivity (Wildman–Crippen MR) is 128 cm³/mol. The SMILES string of the molecule is Cc1c(Cl)cccc1-n1c(C)cc(/C=C2\SC(=O)N(Cc3ccccc3Cl)C2=O)c1C. The van der Waals surface area contributed by atoms with E-state index in [1.807, 2.05) is 63.2 Å². The van der Waals surface area contributed by atoms with Gasteiger partial charge in [-0.2, -0.15) is 0 Å². The number of rotatable bonds is 4. The van der Waals surface area contributed by atoms with Crippen molar-refractivity contribution < 1.29 is 9.59 Å². The first-order valence-electron chi connectivity index (χ1n) is 9.71. The summed E-state index contributed by atoms with van der Waals surface area (Å²) in [6.45, 7) is 6.14. The monoisotopic (exact) mass is 470 g/mol. The Kier molecular flexibility index (Phi) is 6.02. The van der Waals surface area contributed by atoms with E-state index in [-0.39, 0.29) is 17.7 Å². The molecule has 3 aromatic rings. The van der Waals surface area contributed by atoms with Crippen molar-refractivity contribution in [2.24, 2.45) is 0 Å². The molecule has 0 aliphatic carbocycles. The Morgan fingerprint density at radius 2 is 1.68 bits per heavy atom. The summed E-state index contributed by atoms with van der Waals surface area (Å²) in [6.07, 6.45) is 1.79. The molecule has 1 aromatic heterocycles. The maximum absolute atomic E-state index is 13.0. The Morgan fingerprint density at radius 3 is 2.42 bits per heavy atom.